The molecule has 4 nitrogen and oxygen atoms in total. The van der Waals surface area contributed by atoms with Gasteiger partial charge in [0.2, 0.25) is 0 Å². The summed E-state index contributed by atoms with van der Waals surface area (Å²) < 4.78 is 31.1. The molecule has 4 aliphatic rings. The Bertz CT molecular complexity index is 1250. The SMILES string of the molecule is C[C@@H]1Cc2c([nH]c3ccccc23)[C@@H](c2c(F)cc(/C=C/C(=O)O)cc2F)N1C12CC(C1)C2. The smallest absolute Gasteiger partial charge is 0.328 e. The molecule has 0 unspecified atom stereocenters. The normalized spacial score (nSPS) is 29.0. The van der Waals surface area contributed by atoms with E-state index in [2.05, 4.69) is 22.9 Å². The third-order valence-electron chi connectivity index (χ3n) is 7.72. The van der Waals surface area contributed by atoms with Crippen LogP contribution in [0.2, 0.25) is 0 Å². The van der Waals surface area contributed by atoms with Crippen molar-refractivity contribution in [2.45, 2.75) is 50.2 Å². The number of aromatic nitrogens is 1. The first-order chi connectivity index (χ1) is 15.4. The topological polar surface area (TPSA) is 56.3 Å². The highest BCUT2D eigenvalue weighted by atomic mass is 19.1. The zero-order valence-electron chi connectivity index (χ0n) is 17.7. The fraction of sp³-hybridized carbons (Fsp3) is 0.346. The van der Waals surface area contributed by atoms with E-state index in [-0.39, 0.29) is 22.7 Å². The van der Waals surface area contributed by atoms with Gasteiger partial charge in [-0.25, -0.2) is 13.6 Å². The fourth-order valence-corrected chi connectivity index (χ4v) is 6.36. The molecule has 2 atom stereocenters. The number of rotatable bonds is 4. The summed E-state index contributed by atoms with van der Waals surface area (Å²) in [7, 11) is 0. The van der Waals surface area contributed by atoms with Gasteiger partial charge in [-0.2, -0.15) is 0 Å². The second-order valence-electron chi connectivity index (χ2n) is 9.70. The number of hydrogen-bond donors (Lipinski definition) is 2. The predicted molar refractivity (Wildman–Crippen MR) is 118 cm³/mol. The van der Waals surface area contributed by atoms with Gasteiger partial charge in [0.05, 0.1) is 6.04 Å². The molecule has 7 rings (SSSR count). The minimum absolute atomic E-state index is 0.0183. The minimum atomic E-state index is -1.16. The van der Waals surface area contributed by atoms with Crippen LogP contribution in [0.4, 0.5) is 8.78 Å². The van der Waals surface area contributed by atoms with E-state index in [0.717, 1.165) is 59.8 Å². The molecule has 0 radical (unpaired) electrons. The Morgan fingerprint density at radius 3 is 2.50 bits per heavy atom. The van der Waals surface area contributed by atoms with Crippen LogP contribution in [0.3, 0.4) is 0 Å². The Morgan fingerprint density at radius 2 is 1.88 bits per heavy atom. The molecule has 3 saturated carbocycles. The lowest BCUT2D eigenvalue weighted by atomic mass is 9.48. The van der Waals surface area contributed by atoms with E-state index < -0.39 is 23.6 Å². The third-order valence-corrected chi connectivity index (χ3v) is 7.72. The van der Waals surface area contributed by atoms with Gasteiger partial charge in [-0.05, 0) is 73.9 Å². The fourth-order valence-electron chi connectivity index (χ4n) is 6.36. The summed E-state index contributed by atoms with van der Waals surface area (Å²) in [5, 5.41) is 9.97. The summed E-state index contributed by atoms with van der Waals surface area (Å²) in [5.41, 5.74) is 3.25. The van der Waals surface area contributed by atoms with Crippen LogP contribution in [-0.2, 0) is 11.2 Å². The van der Waals surface area contributed by atoms with E-state index in [9.17, 15) is 4.79 Å². The van der Waals surface area contributed by atoms with E-state index in [4.69, 9.17) is 5.11 Å². The number of carboxylic acid groups (broad SMARTS) is 1. The van der Waals surface area contributed by atoms with Gasteiger partial charge in [-0.15, -0.1) is 0 Å². The number of nitrogens with zero attached hydrogens (tertiary/aromatic N) is 1. The number of benzene rings is 2. The van der Waals surface area contributed by atoms with Gasteiger partial charge in [-0.3, -0.25) is 4.90 Å². The van der Waals surface area contributed by atoms with Crippen LogP contribution in [0.5, 0.6) is 0 Å². The second kappa shape index (κ2) is 6.75. The molecule has 3 fully saturated rings. The first kappa shape index (κ1) is 19.7. The minimum Gasteiger partial charge on any atom is -0.478 e. The van der Waals surface area contributed by atoms with E-state index in [1.165, 1.54) is 18.2 Å². The Kier molecular flexibility index (Phi) is 4.15. The first-order valence-electron chi connectivity index (χ1n) is 11.1. The van der Waals surface area contributed by atoms with Crippen LogP contribution in [0.15, 0.2) is 42.5 Å². The van der Waals surface area contributed by atoms with Gasteiger partial charge in [0.15, 0.2) is 0 Å². The second-order valence-corrected chi connectivity index (χ2v) is 9.70. The van der Waals surface area contributed by atoms with E-state index >= 15 is 8.78 Å². The van der Waals surface area contributed by atoms with Crippen molar-refractivity contribution >= 4 is 22.9 Å². The molecule has 0 spiro atoms. The molecular formula is C26H24F2N2O2. The Balaban J connectivity index is 1.54. The van der Waals surface area contributed by atoms with E-state index in [0.29, 0.717) is 0 Å². The number of fused-ring (bicyclic) bond motifs is 3. The number of halogens is 2. The molecule has 2 bridgehead atoms. The number of aromatic amines is 1. The number of carbonyl (C=O) groups is 1. The molecule has 164 valence electrons. The van der Waals surface area contributed by atoms with Crippen molar-refractivity contribution in [3.63, 3.8) is 0 Å². The van der Waals surface area contributed by atoms with Gasteiger partial charge in [0.1, 0.15) is 11.6 Å². The van der Waals surface area contributed by atoms with Crippen molar-refractivity contribution in [2.24, 2.45) is 5.92 Å². The van der Waals surface area contributed by atoms with Crippen molar-refractivity contribution in [1.29, 1.82) is 0 Å². The van der Waals surface area contributed by atoms with Gasteiger partial charge < -0.3 is 10.1 Å². The molecule has 1 aliphatic heterocycles. The zero-order chi connectivity index (χ0) is 22.2. The maximum Gasteiger partial charge on any atom is 0.328 e. The van der Waals surface area contributed by atoms with Gasteiger partial charge in [-0.1, -0.05) is 18.2 Å². The third kappa shape index (κ3) is 2.72. The standard InChI is InChI=1S/C26H24F2N2O2/c1-14-8-18-17-4-2-3-5-21(17)29-24(18)25(30(14)26-11-16(12-26)13-26)23-19(27)9-15(10-20(23)28)6-7-22(31)32/h2-7,9-10,14,16,25,29H,8,11-13H2,1H3,(H,31,32)/b7-6+/t14-,16?,25-,26?/m1/s1. The van der Waals surface area contributed by atoms with E-state index in [1.54, 1.807) is 0 Å². The van der Waals surface area contributed by atoms with Gasteiger partial charge in [0.25, 0.3) is 0 Å². The summed E-state index contributed by atoms with van der Waals surface area (Å²) in [5.74, 6) is -1.70. The average Bonchev–Trinajstić information content (AvgIpc) is 3.04. The van der Waals surface area contributed by atoms with Crippen LogP contribution in [0.25, 0.3) is 17.0 Å². The molecule has 0 amide bonds. The summed E-state index contributed by atoms with van der Waals surface area (Å²) >= 11 is 0. The van der Waals surface area contributed by atoms with Crippen molar-refractivity contribution < 1.29 is 18.7 Å². The number of H-pyrrole nitrogens is 1. The molecule has 1 aromatic heterocycles. The molecule has 3 aromatic rings. The molecule has 2 heterocycles. The molecule has 3 aliphatic carbocycles. The quantitative estimate of drug-likeness (QED) is 0.538. The Hall–Kier alpha value is -2.99. The lowest BCUT2D eigenvalue weighted by Gasteiger charge is -2.70. The van der Waals surface area contributed by atoms with Crippen LogP contribution in [0.1, 0.15) is 54.6 Å². The lowest BCUT2D eigenvalue weighted by Crippen LogP contribution is -2.71. The van der Waals surface area contributed by atoms with Gasteiger partial charge >= 0.3 is 5.97 Å². The number of aliphatic carboxylic acids is 1. The van der Waals surface area contributed by atoms with Crippen LogP contribution < -0.4 is 0 Å². The zero-order valence-corrected chi connectivity index (χ0v) is 17.7. The Morgan fingerprint density at radius 1 is 1.19 bits per heavy atom. The molecule has 2 aromatic carbocycles. The number of nitrogens with one attached hydrogen (secondary N) is 1. The summed E-state index contributed by atoms with van der Waals surface area (Å²) in [6, 6.07) is 10.1. The summed E-state index contributed by atoms with van der Waals surface area (Å²) in [6.07, 6.45) is 6.21. The number of carboxylic acids is 1. The maximum atomic E-state index is 15.5. The van der Waals surface area contributed by atoms with Crippen molar-refractivity contribution in [3.05, 3.63) is 76.5 Å². The van der Waals surface area contributed by atoms with Gasteiger partial charge in [0, 0.05) is 39.8 Å². The van der Waals surface area contributed by atoms with Crippen molar-refractivity contribution in [3.8, 4) is 0 Å². The molecule has 2 N–H and O–H groups in total. The lowest BCUT2D eigenvalue weighted by molar-refractivity contribution is -0.174. The molecular weight excluding hydrogens is 410 g/mol. The van der Waals surface area contributed by atoms with Crippen LogP contribution >= 0.6 is 0 Å². The maximum absolute atomic E-state index is 15.5. The summed E-state index contributed by atoms with van der Waals surface area (Å²) in [4.78, 5) is 16.7. The van der Waals surface area contributed by atoms with Crippen molar-refractivity contribution in [2.75, 3.05) is 0 Å². The number of para-hydroxylation sites is 1. The monoisotopic (exact) mass is 434 g/mol. The van der Waals surface area contributed by atoms with Crippen LogP contribution in [0, 0.1) is 17.6 Å². The first-order valence-corrected chi connectivity index (χ1v) is 11.1. The Labute approximate surface area is 184 Å². The highest BCUT2D eigenvalue weighted by Gasteiger charge is 2.63. The number of hydrogen-bond acceptors (Lipinski definition) is 2. The largest absolute Gasteiger partial charge is 0.478 e. The highest BCUT2D eigenvalue weighted by Crippen LogP contribution is 2.64. The molecule has 0 saturated heterocycles. The van der Waals surface area contributed by atoms with E-state index in [1.807, 2.05) is 18.2 Å². The predicted octanol–water partition coefficient (Wildman–Crippen LogP) is 5.43. The molecule has 6 heteroatoms. The highest BCUT2D eigenvalue weighted by molar-refractivity contribution is 5.86. The molecule has 32 heavy (non-hydrogen) atoms. The van der Waals surface area contributed by atoms with Crippen molar-refractivity contribution in [1.82, 2.24) is 9.88 Å². The van der Waals surface area contributed by atoms with Crippen LogP contribution in [-0.4, -0.2) is 32.5 Å². The average molecular weight is 434 g/mol. The summed E-state index contributed by atoms with van der Waals surface area (Å²) in [6.45, 7) is 2.16.